The Bertz CT molecular complexity index is 640. The van der Waals surface area contributed by atoms with Crippen LogP contribution in [0, 0.1) is 5.82 Å². The molecule has 1 aliphatic carbocycles. The molecule has 1 N–H and O–H groups in total. The molecular formula is C15H15FN2O2S. The van der Waals surface area contributed by atoms with Crippen molar-refractivity contribution in [3.8, 4) is 5.75 Å². The number of thiazole rings is 1. The molecule has 6 heteroatoms. The third-order valence-electron chi connectivity index (χ3n) is 3.19. The minimum absolute atomic E-state index is 0.133. The Hall–Kier alpha value is -1.95. The Labute approximate surface area is 126 Å². The second-order valence-electron chi connectivity index (χ2n) is 4.93. The van der Waals surface area contributed by atoms with Crippen LogP contribution in [0.1, 0.15) is 30.9 Å². The molecule has 0 radical (unpaired) electrons. The van der Waals surface area contributed by atoms with Crippen molar-refractivity contribution in [2.75, 3.05) is 11.9 Å². The second kappa shape index (κ2) is 6.22. The van der Waals surface area contributed by atoms with Crippen molar-refractivity contribution >= 4 is 22.4 Å². The summed E-state index contributed by atoms with van der Waals surface area (Å²) >= 11 is 1.43. The molecule has 110 valence electrons. The van der Waals surface area contributed by atoms with Crippen LogP contribution < -0.4 is 10.1 Å². The van der Waals surface area contributed by atoms with Crippen molar-refractivity contribution < 1.29 is 13.9 Å². The van der Waals surface area contributed by atoms with E-state index in [1.165, 1.54) is 36.3 Å². The van der Waals surface area contributed by atoms with Crippen LogP contribution in [0.4, 0.5) is 9.52 Å². The highest BCUT2D eigenvalue weighted by molar-refractivity contribution is 7.13. The molecule has 0 aliphatic heterocycles. The van der Waals surface area contributed by atoms with Gasteiger partial charge >= 0.3 is 0 Å². The topological polar surface area (TPSA) is 51.2 Å². The van der Waals surface area contributed by atoms with E-state index in [1.807, 2.05) is 5.38 Å². The molecule has 4 nitrogen and oxygen atoms in total. The molecule has 0 bridgehead atoms. The minimum Gasteiger partial charge on any atom is -0.490 e. The van der Waals surface area contributed by atoms with Gasteiger partial charge in [0.1, 0.15) is 0 Å². The van der Waals surface area contributed by atoms with Crippen LogP contribution in [0.25, 0.3) is 0 Å². The van der Waals surface area contributed by atoms with Gasteiger partial charge in [0.05, 0.1) is 18.7 Å². The lowest BCUT2D eigenvalue weighted by Crippen LogP contribution is -2.15. The quantitative estimate of drug-likeness (QED) is 0.887. The van der Waals surface area contributed by atoms with Crippen LogP contribution in [0.2, 0.25) is 0 Å². The fraction of sp³-hybridized carbons (Fsp3) is 0.333. The summed E-state index contributed by atoms with van der Waals surface area (Å²) in [6.45, 7) is 0.133. The van der Waals surface area contributed by atoms with E-state index in [9.17, 15) is 9.18 Å². The summed E-state index contributed by atoms with van der Waals surface area (Å²) in [6.07, 6.45) is 2.54. The first-order valence-corrected chi connectivity index (χ1v) is 7.73. The van der Waals surface area contributed by atoms with Gasteiger partial charge in [0, 0.05) is 11.3 Å². The number of carbonyl (C=O) groups is 1. The van der Waals surface area contributed by atoms with E-state index < -0.39 is 5.82 Å². The number of ether oxygens (including phenoxy) is 1. The molecule has 0 atom stereocenters. The zero-order valence-electron chi connectivity index (χ0n) is 11.3. The smallest absolute Gasteiger partial charge is 0.229 e. The Balaban J connectivity index is 1.44. The van der Waals surface area contributed by atoms with Gasteiger partial charge in [0.25, 0.3) is 0 Å². The fourth-order valence-electron chi connectivity index (χ4n) is 1.91. The average molecular weight is 306 g/mol. The van der Waals surface area contributed by atoms with E-state index in [2.05, 4.69) is 10.3 Å². The van der Waals surface area contributed by atoms with Gasteiger partial charge in [-0.3, -0.25) is 4.79 Å². The number of nitrogens with zero attached hydrogens (tertiary/aromatic N) is 1. The lowest BCUT2D eigenvalue weighted by molar-refractivity contribution is -0.116. The summed E-state index contributed by atoms with van der Waals surface area (Å²) < 4.78 is 18.6. The maximum atomic E-state index is 13.3. The summed E-state index contributed by atoms with van der Waals surface area (Å²) in [6, 6.07) is 6.14. The number of halogens is 1. The van der Waals surface area contributed by atoms with Gasteiger partial charge in [-0.2, -0.15) is 0 Å². The summed E-state index contributed by atoms with van der Waals surface area (Å²) in [5.41, 5.74) is 1.07. The fourth-order valence-corrected chi connectivity index (χ4v) is 2.72. The Morgan fingerprint density at radius 2 is 2.24 bits per heavy atom. The number of hydrogen-bond acceptors (Lipinski definition) is 4. The maximum Gasteiger partial charge on any atom is 0.229 e. The van der Waals surface area contributed by atoms with E-state index in [4.69, 9.17) is 4.74 Å². The largest absolute Gasteiger partial charge is 0.490 e. The van der Waals surface area contributed by atoms with Gasteiger partial charge in [-0.15, -0.1) is 11.3 Å². The van der Waals surface area contributed by atoms with Crippen LogP contribution in [-0.4, -0.2) is 17.5 Å². The summed E-state index contributed by atoms with van der Waals surface area (Å²) in [5.74, 6) is 0.141. The van der Waals surface area contributed by atoms with E-state index in [0.29, 0.717) is 11.0 Å². The molecule has 21 heavy (non-hydrogen) atoms. The maximum absolute atomic E-state index is 13.3. The Morgan fingerprint density at radius 1 is 1.43 bits per heavy atom. The Kier molecular flexibility index (Phi) is 4.15. The van der Waals surface area contributed by atoms with Crippen molar-refractivity contribution in [3.05, 3.63) is 41.2 Å². The SMILES string of the molecule is O=C(CCOc1ccccc1F)Nc1nc(C2CC2)cs1. The van der Waals surface area contributed by atoms with Crippen LogP contribution in [-0.2, 0) is 4.79 Å². The monoisotopic (exact) mass is 306 g/mol. The molecular weight excluding hydrogens is 291 g/mol. The van der Waals surface area contributed by atoms with E-state index in [0.717, 1.165) is 5.69 Å². The molecule has 1 fully saturated rings. The highest BCUT2D eigenvalue weighted by Crippen LogP contribution is 2.40. The molecule has 1 heterocycles. The first kappa shape index (κ1) is 14.0. The molecule has 1 amide bonds. The summed E-state index contributed by atoms with van der Waals surface area (Å²) in [4.78, 5) is 16.1. The van der Waals surface area contributed by atoms with Crippen molar-refractivity contribution in [1.82, 2.24) is 4.98 Å². The second-order valence-corrected chi connectivity index (χ2v) is 5.79. The van der Waals surface area contributed by atoms with Gasteiger partial charge in [0.15, 0.2) is 16.7 Å². The van der Waals surface area contributed by atoms with Crippen LogP contribution >= 0.6 is 11.3 Å². The number of carbonyl (C=O) groups excluding carboxylic acids is 1. The summed E-state index contributed by atoms with van der Waals surface area (Å²) in [7, 11) is 0. The van der Waals surface area contributed by atoms with Crippen molar-refractivity contribution in [3.63, 3.8) is 0 Å². The molecule has 3 rings (SSSR count). The van der Waals surface area contributed by atoms with Crippen molar-refractivity contribution in [2.45, 2.75) is 25.2 Å². The number of hydrogen-bond donors (Lipinski definition) is 1. The molecule has 1 saturated carbocycles. The molecule has 0 spiro atoms. The molecule has 0 saturated heterocycles. The molecule has 1 aliphatic rings. The molecule has 1 aromatic carbocycles. The van der Waals surface area contributed by atoms with Gasteiger partial charge in [-0.05, 0) is 25.0 Å². The first-order chi connectivity index (χ1) is 10.2. The van der Waals surface area contributed by atoms with Gasteiger partial charge in [0.2, 0.25) is 5.91 Å². The number of aromatic nitrogens is 1. The highest BCUT2D eigenvalue weighted by atomic mass is 32.1. The zero-order chi connectivity index (χ0) is 14.7. The lowest BCUT2D eigenvalue weighted by atomic mass is 10.3. The van der Waals surface area contributed by atoms with E-state index >= 15 is 0 Å². The third-order valence-corrected chi connectivity index (χ3v) is 3.96. The zero-order valence-corrected chi connectivity index (χ0v) is 12.2. The number of para-hydroxylation sites is 1. The highest BCUT2D eigenvalue weighted by Gasteiger charge is 2.26. The van der Waals surface area contributed by atoms with Crippen LogP contribution in [0.3, 0.4) is 0 Å². The van der Waals surface area contributed by atoms with Gasteiger partial charge < -0.3 is 10.1 Å². The number of rotatable bonds is 6. The normalized spacial score (nSPS) is 14.0. The number of nitrogens with one attached hydrogen (secondary N) is 1. The van der Waals surface area contributed by atoms with Crippen LogP contribution in [0.5, 0.6) is 5.75 Å². The average Bonchev–Trinajstić information content (AvgIpc) is 3.22. The number of anilines is 1. The third kappa shape index (κ3) is 3.78. The minimum atomic E-state index is -0.424. The standard InChI is InChI=1S/C15H15FN2O2S/c16-11-3-1-2-4-13(11)20-8-7-14(19)18-15-17-12(9-21-15)10-5-6-10/h1-4,9-10H,5-8H2,(H,17,18,19). The lowest BCUT2D eigenvalue weighted by Gasteiger charge is -2.06. The predicted molar refractivity (Wildman–Crippen MR) is 79.2 cm³/mol. The first-order valence-electron chi connectivity index (χ1n) is 6.85. The Morgan fingerprint density at radius 3 is 3.00 bits per heavy atom. The van der Waals surface area contributed by atoms with Crippen LogP contribution in [0.15, 0.2) is 29.6 Å². The number of benzene rings is 1. The molecule has 2 aromatic rings. The van der Waals surface area contributed by atoms with E-state index in [1.54, 1.807) is 12.1 Å². The van der Waals surface area contributed by atoms with Crippen molar-refractivity contribution in [1.29, 1.82) is 0 Å². The van der Waals surface area contributed by atoms with Gasteiger partial charge in [-0.1, -0.05) is 12.1 Å². The number of amides is 1. The van der Waals surface area contributed by atoms with Crippen molar-refractivity contribution in [2.24, 2.45) is 0 Å². The predicted octanol–water partition coefficient (Wildman–Crippen LogP) is 3.57. The summed E-state index contributed by atoms with van der Waals surface area (Å²) in [5, 5.41) is 5.35. The van der Waals surface area contributed by atoms with Gasteiger partial charge in [-0.25, -0.2) is 9.37 Å². The molecule has 0 unspecified atom stereocenters. The van der Waals surface area contributed by atoms with E-state index in [-0.39, 0.29) is 24.7 Å². The molecule has 1 aromatic heterocycles.